The molecule has 6 heteroatoms. The van der Waals surface area contributed by atoms with E-state index in [0.29, 0.717) is 30.5 Å². The van der Waals surface area contributed by atoms with Crippen LogP contribution in [0.25, 0.3) is 10.9 Å². The molecule has 1 atom stereocenters. The first-order valence-corrected chi connectivity index (χ1v) is 12.5. The van der Waals surface area contributed by atoms with Crippen LogP contribution in [-0.4, -0.2) is 77.3 Å². The van der Waals surface area contributed by atoms with Crippen LogP contribution in [0, 0.1) is 16.7 Å². The van der Waals surface area contributed by atoms with Gasteiger partial charge in [-0.15, -0.1) is 0 Å². The van der Waals surface area contributed by atoms with Gasteiger partial charge in [-0.1, -0.05) is 32.0 Å². The van der Waals surface area contributed by atoms with Gasteiger partial charge in [0.1, 0.15) is 0 Å². The Morgan fingerprint density at radius 1 is 1.06 bits per heavy atom. The topological polar surface area (TPSA) is 56.8 Å². The fourth-order valence-electron chi connectivity index (χ4n) is 6.83. The smallest absolute Gasteiger partial charge is 0.256 e. The summed E-state index contributed by atoms with van der Waals surface area (Å²) in [5.74, 6) is 0.999. The molecule has 5 rings (SSSR count). The van der Waals surface area contributed by atoms with E-state index >= 15 is 0 Å². The first-order valence-electron chi connectivity index (χ1n) is 12.5. The molecular formula is C27H36N4O2. The molecule has 4 heterocycles. The average molecular weight is 449 g/mol. The Morgan fingerprint density at radius 2 is 1.82 bits per heavy atom. The minimum Gasteiger partial charge on any atom is -0.342 e. The number of para-hydroxylation sites is 1. The van der Waals surface area contributed by atoms with Gasteiger partial charge in [-0.2, -0.15) is 0 Å². The Morgan fingerprint density at radius 3 is 2.52 bits per heavy atom. The van der Waals surface area contributed by atoms with Gasteiger partial charge in [0.15, 0.2) is 0 Å². The van der Waals surface area contributed by atoms with Crippen molar-refractivity contribution in [3.05, 3.63) is 42.1 Å². The molecule has 0 unspecified atom stereocenters. The lowest BCUT2D eigenvalue weighted by atomic mass is 9.60. The van der Waals surface area contributed by atoms with Crippen molar-refractivity contribution in [1.82, 2.24) is 19.7 Å². The summed E-state index contributed by atoms with van der Waals surface area (Å²) in [6.45, 7) is 12.6. The third kappa shape index (κ3) is 3.54. The zero-order chi connectivity index (χ0) is 23.2. The van der Waals surface area contributed by atoms with Crippen molar-refractivity contribution in [2.75, 3.05) is 45.8 Å². The van der Waals surface area contributed by atoms with E-state index in [1.54, 1.807) is 6.20 Å². The van der Waals surface area contributed by atoms with Crippen LogP contribution in [0.1, 0.15) is 50.4 Å². The number of nitrogens with zero attached hydrogens (tertiary/aromatic N) is 4. The van der Waals surface area contributed by atoms with Gasteiger partial charge in [0.05, 0.1) is 16.5 Å². The normalized spacial score (nSPS) is 25.3. The minimum absolute atomic E-state index is 0.0311. The van der Waals surface area contributed by atoms with Crippen LogP contribution in [0.5, 0.6) is 0 Å². The maximum absolute atomic E-state index is 13.7. The molecule has 0 bridgehead atoms. The van der Waals surface area contributed by atoms with Crippen LogP contribution >= 0.6 is 0 Å². The monoisotopic (exact) mass is 448 g/mol. The van der Waals surface area contributed by atoms with Crippen molar-refractivity contribution in [3.8, 4) is 0 Å². The minimum atomic E-state index is -0.284. The Balaban J connectivity index is 1.39. The average Bonchev–Trinajstić information content (AvgIpc) is 3.29. The highest BCUT2D eigenvalue weighted by molar-refractivity contribution is 6.05. The van der Waals surface area contributed by atoms with Gasteiger partial charge in [0.25, 0.3) is 5.91 Å². The van der Waals surface area contributed by atoms with Crippen LogP contribution in [-0.2, 0) is 4.79 Å². The number of hydrogen-bond donors (Lipinski definition) is 0. The fourth-order valence-corrected chi connectivity index (χ4v) is 6.83. The van der Waals surface area contributed by atoms with E-state index in [2.05, 4.69) is 35.6 Å². The van der Waals surface area contributed by atoms with E-state index < -0.39 is 0 Å². The zero-order valence-corrected chi connectivity index (χ0v) is 20.2. The molecule has 2 amide bonds. The predicted octanol–water partition coefficient (Wildman–Crippen LogP) is 3.67. The maximum Gasteiger partial charge on any atom is 0.256 e. The second-order valence-electron chi connectivity index (χ2n) is 10.7. The first kappa shape index (κ1) is 22.3. The highest BCUT2D eigenvalue weighted by Crippen LogP contribution is 2.58. The summed E-state index contributed by atoms with van der Waals surface area (Å²) < 4.78 is 0. The van der Waals surface area contributed by atoms with Gasteiger partial charge in [-0.05, 0) is 44.2 Å². The van der Waals surface area contributed by atoms with E-state index in [-0.39, 0.29) is 16.7 Å². The van der Waals surface area contributed by atoms with Crippen molar-refractivity contribution in [2.45, 2.75) is 40.0 Å². The predicted molar refractivity (Wildman–Crippen MR) is 130 cm³/mol. The molecule has 2 spiro atoms. The van der Waals surface area contributed by atoms with E-state index in [4.69, 9.17) is 0 Å². The number of pyridine rings is 1. The third-order valence-corrected chi connectivity index (χ3v) is 8.42. The number of likely N-dealkylation sites (tertiary alicyclic amines) is 3. The van der Waals surface area contributed by atoms with Crippen LogP contribution in [0.2, 0.25) is 0 Å². The quantitative estimate of drug-likeness (QED) is 0.716. The lowest BCUT2D eigenvalue weighted by Crippen LogP contribution is -2.53. The van der Waals surface area contributed by atoms with Gasteiger partial charge in [-0.25, -0.2) is 0 Å². The largest absolute Gasteiger partial charge is 0.342 e. The second-order valence-corrected chi connectivity index (χ2v) is 10.7. The number of carbonyl (C=O) groups is 2. The number of fused-ring (bicyclic) bond motifs is 2. The summed E-state index contributed by atoms with van der Waals surface area (Å²) in [6.07, 6.45) is 4.50. The molecule has 0 radical (unpaired) electrons. The van der Waals surface area contributed by atoms with Crippen molar-refractivity contribution >= 4 is 22.7 Å². The van der Waals surface area contributed by atoms with Crippen molar-refractivity contribution in [3.63, 3.8) is 0 Å². The van der Waals surface area contributed by atoms with Crippen LogP contribution in [0.4, 0.5) is 0 Å². The summed E-state index contributed by atoms with van der Waals surface area (Å²) in [7, 11) is 0. The van der Waals surface area contributed by atoms with E-state index in [0.717, 1.165) is 62.9 Å². The number of amides is 2. The van der Waals surface area contributed by atoms with Crippen molar-refractivity contribution in [2.24, 2.45) is 16.7 Å². The van der Waals surface area contributed by atoms with Gasteiger partial charge < -0.3 is 14.7 Å². The summed E-state index contributed by atoms with van der Waals surface area (Å²) in [4.78, 5) is 38.2. The lowest BCUT2D eigenvalue weighted by Gasteiger charge is -2.47. The number of piperidine rings is 1. The summed E-state index contributed by atoms with van der Waals surface area (Å²) >= 11 is 0. The molecule has 1 aromatic heterocycles. The number of aromatic nitrogens is 1. The Kier molecular flexibility index (Phi) is 5.68. The highest BCUT2D eigenvalue weighted by atomic mass is 16.2. The highest BCUT2D eigenvalue weighted by Gasteiger charge is 2.64. The van der Waals surface area contributed by atoms with Crippen LogP contribution in [0.15, 0.2) is 36.5 Å². The first-order chi connectivity index (χ1) is 15.9. The molecule has 2 aromatic rings. The molecule has 0 N–H and O–H groups in total. The molecule has 3 aliphatic heterocycles. The van der Waals surface area contributed by atoms with E-state index in [1.807, 2.05) is 35.2 Å². The van der Waals surface area contributed by atoms with E-state index in [1.165, 1.54) is 0 Å². The Bertz CT molecular complexity index is 1050. The SMILES string of the molecule is CCN1CC[C@@]2(CN(CC(C)C)CC23CCN(C(=O)c2cccc4cccnc24)CC3)C1=O. The molecule has 3 aliphatic rings. The molecule has 33 heavy (non-hydrogen) atoms. The summed E-state index contributed by atoms with van der Waals surface area (Å²) in [5.41, 5.74) is 1.14. The number of benzene rings is 1. The number of carbonyl (C=O) groups excluding carboxylic acids is 2. The van der Waals surface area contributed by atoms with Crippen molar-refractivity contribution < 1.29 is 9.59 Å². The number of hydrogen-bond acceptors (Lipinski definition) is 4. The molecular weight excluding hydrogens is 412 g/mol. The van der Waals surface area contributed by atoms with Crippen LogP contribution < -0.4 is 0 Å². The molecule has 176 valence electrons. The van der Waals surface area contributed by atoms with Gasteiger partial charge in [-0.3, -0.25) is 14.6 Å². The van der Waals surface area contributed by atoms with Crippen LogP contribution in [0.3, 0.4) is 0 Å². The Labute approximate surface area is 196 Å². The molecule has 6 nitrogen and oxygen atoms in total. The number of rotatable bonds is 4. The second kappa shape index (κ2) is 8.39. The fraction of sp³-hybridized carbons (Fsp3) is 0.593. The van der Waals surface area contributed by atoms with Gasteiger partial charge >= 0.3 is 0 Å². The van der Waals surface area contributed by atoms with Crippen molar-refractivity contribution in [1.29, 1.82) is 0 Å². The zero-order valence-electron chi connectivity index (χ0n) is 20.2. The lowest BCUT2D eigenvalue weighted by molar-refractivity contribution is -0.141. The summed E-state index contributed by atoms with van der Waals surface area (Å²) in [5, 5.41) is 0.993. The molecule has 1 aromatic carbocycles. The third-order valence-electron chi connectivity index (χ3n) is 8.42. The van der Waals surface area contributed by atoms with Gasteiger partial charge in [0, 0.05) is 62.8 Å². The molecule has 0 aliphatic carbocycles. The molecule has 0 saturated carbocycles. The molecule has 3 fully saturated rings. The van der Waals surface area contributed by atoms with Gasteiger partial charge in [0.2, 0.25) is 5.91 Å². The summed E-state index contributed by atoms with van der Waals surface area (Å²) in [6, 6.07) is 9.74. The Hall–Kier alpha value is -2.47. The standard InChI is InChI=1S/C27H36N4O2/c1-4-30-16-12-27(25(30)33)19-29(17-20(2)3)18-26(27)10-14-31(15-11-26)24(32)22-9-5-7-21-8-6-13-28-23(21)22/h5-9,13,20H,4,10-12,14-19H2,1-3H3/t27-/m1/s1. The maximum atomic E-state index is 13.7. The molecule has 3 saturated heterocycles. The van der Waals surface area contributed by atoms with E-state index in [9.17, 15) is 9.59 Å².